The maximum atomic E-state index is 10.6. The maximum Gasteiger partial charge on any atom is 0.356 e. The van der Waals surface area contributed by atoms with Crippen LogP contribution in [0.3, 0.4) is 0 Å². The number of carboxylic acids is 1. The summed E-state index contributed by atoms with van der Waals surface area (Å²) in [6, 6.07) is 3.38. The van der Waals surface area contributed by atoms with Crippen molar-refractivity contribution in [2.24, 2.45) is 0 Å². The molecule has 0 radical (unpaired) electrons. The number of carbonyl (C=O) groups is 1. The van der Waals surface area contributed by atoms with Crippen molar-refractivity contribution in [3.8, 4) is 0 Å². The number of hydrogen-bond donors (Lipinski definition) is 1. The highest BCUT2D eigenvalue weighted by Gasteiger charge is 2.28. The van der Waals surface area contributed by atoms with E-state index in [0.717, 1.165) is 12.8 Å². The summed E-state index contributed by atoms with van der Waals surface area (Å²) in [7, 11) is 0. The molecule has 1 N–H and O–H groups in total. The quantitative estimate of drug-likeness (QED) is 0.857. The van der Waals surface area contributed by atoms with Gasteiger partial charge >= 0.3 is 5.97 Å². The fraction of sp³-hybridized carbons (Fsp3) is 0.333. The predicted molar refractivity (Wildman–Crippen MR) is 59.2 cm³/mol. The summed E-state index contributed by atoms with van der Waals surface area (Å²) in [5, 5.41) is 28.8. The van der Waals surface area contributed by atoms with Crippen LogP contribution < -0.4 is 0 Å². The highest BCUT2D eigenvalue weighted by atomic mass is 32.2. The van der Waals surface area contributed by atoms with E-state index in [1.165, 1.54) is 17.8 Å². The lowest BCUT2D eigenvalue weighted by molar-refractivity contribution is 0.0689. The van der Waals surface area contributed by atoms with Gasteiger partial charge in [0.2, 0.25) is 5.16 Å². The largest absolute Gasteiger partial charge is 0.476 e. The second kappa shape index (κ2) is 4.33. The molecule has 1 saturated carbocycles. The number of nitrogens with zero attached hydrogens (tertiary/aromatic N) is 6. The molecular formula is C9H8N6O2S. The number of aromatic nitrogens is 6. The lowest BCUT2D eigenvalue weighted by atomic mass is 10.4. The Labute approximate surface area is 105 Å². The van der Waals surface area contributed by atoms with E-state index in [-0.39, 0.29) is 5.69 Å². The number of rotatable bonds is 4. The van der Waals surface area contributed by atoms with Crippen molar-refractivity contribution in [2.45, 2.75) is 29.1 Å². The van der Waals surface area contributed by atoms with E-state index in [2.05, 4.69) is 25.7 Å². The van der Waals surface area contributed by atoms with Crippen LogP contribution in [0.5, 0.6) is 0 Å². The summed E-state index contributed by atoms with van der Waals surface area (Å²) in [5.41, 5.74) is -0.0823. The molecule has 0 amide bonds. The van der Waals surface area contributed by atoms with Crippen LogP contribution in [-0.2, 0) is 0 Å². The first-order valence-corrected chi connectivity index (χ1v) is 6.08. The van der Waals surface area contributed by atoms with Crippen LogP contribution >= 0.6 is 11.8 Å². The molecule has 3 rings (SSSR count). The Hall–Kier alpha value is -2.03. The van der Waals surface area contributed by atoms with E-state index < -0.39 is 5.97 Å². The van der Waals surface area contributed by atoms with Crippen LogP contribution in [0.4, 0.5) is 0 Å². The van der Waals surface area contributed by atoms with Gasteiger partial charge in [-0.15, -0.1) is 15.3 Å². The molecule has 0 atom stereocenters. The van der Waals surface area contributed by atoms with Crippen LogP contribution in [0, 0.1) is 0 Å². The summed E-state index contributed by atoms with van der Waals surface area (Å²) in [5.74, 6) is -1.10. The second-order valence-corrected chi connectivity index (χ2v) is 4.79. The smallest absolute Gasteiger partial charge is 0.356 e. The molecule has 2 aromatic heterocycles. The molecule has 0 bridgehead atoms. The van der Waals surface area contributed by atoms with Crippen molar-refractivity contribution < 1.29 is 9.90 Å². The first-order valence-electron chi connectivity index (χ1n) is 5.27. The Morgan fingerprint density at radius 2 is 2.17 bits per heavy atom. The molecule has 92 valence electrons. The molecule has 1 aliphatic rings. The first-order chi connectivity index (χ1) is 8.74. The molecule has 1 aliphatic carbocycles. The molecular weight excluding hydrogens is 256 g/mol. The van der Waals surface area contributed by atoms with Gasteiger partial charge < -0.3 is 5.11 Å². The molecule has 0 aromatic carbocycles. The van der Waals surface area contributed by atoms with Gasteiger partial charge in [-0.3, -0.25) is 0 Å². The van der Waals surface area contributed by atoms with Gasteiger partial charge in [0, 0.05) is 0 Å². The Morgan fingerprint density at radius 3 is 2.78 bits per heavy atom. The molecule has 0 spiro atoms. The van der Waals surface area contributed by atoms with Crippen molar-refractivity contribution in [1.82, 2.24) is 30.4 Å². The molecule has 8 nitrogen and oxygen atoms in total. The molecule has 0 aliphatic heterocycles. The normalized spacial score (nSPS) is 14.7. The lowest BCUT2D eigenvalue weighted by Crippen LogP contribution is -2.02. The average Bonchev–Trinajstić information content (AvgIpc) is 3.11. The Balaban J connectivity index is 1.79. The van der Waals surface area contributed by atoms with Gasteiger partial charge in [-0.1, -0.05) is 0 Å². The zero-order valence-corrected chi connectivity index (χ0v) is 9.91. The molecule has 0 unspecified atom stereocenters. The van der Waals surface area contributed by atoms with Gasteiger partial charge in [0.05, 0.1) is 6.04 Å². The summed E-state index contributed by atoms with van der Waals surface area (Å²) < 4.78 is 1.76. The molecule has 9 heteroatoms. The Kier molecular flexibility index (Phi) is 2.67. The number of hydrogen-bond acceptors (Lipinski definition) is 7. The molecule has 18 heavy (non-hydrogen) atoms. The molecule has 2 aromatic rings. The van der Waals surface area contributed by atoms with Crippen molar-refractivity contribution >= 4 is 17.7 Å². The van der Waals surface area contributed by atoms with Gasteiger partial charge in [0.1, 0.15) is 5.03 Å². The van der Waals surface area contributed by atoms with Gasteiger partial charge in [-0.2, -0.15) is 0 Å². The first kappa shape index (κ1) is 11.1. The van der Waals surface area contributed by atoms with Gasteiger partial charge in [0.15, 0.2) is 5.69 Å². The number of carboxylic acid groups (broad SMARTS) is 1. The van der Waals surface area contributed by atoms with E-state index in [9.17, 15) is 4.79 Å². The van der Waals surface area contributed by atoms with Crippen LogP contribution in [0.2, 0.25) is 0 Å². The number of aromatic carboxylic acids is 1. The van der Waals surface area contributed by atoms with Gasteiger partial charge in [-0.25, -0.2) is 9.48 Å². The topological polar surface area (TPSA) is 107 Å². The minimum absolute atomic E-state index is 0.0823. The van der Waals surface area contributed by atoms with Crippen molar-refractivity contribution in [1.29, 1.82) is 0 Å². The third-order valence-electron chi connectivity index (χ3n) is 2.41. The van der Waals surface area contributed by atoms with Gasteiger partial charge in [-0.05, 0) is 47.2 Å². The van der Waals surface area contributed by atoms with E-state index in [4.69, 9.17) is 5.11 Å². The third kappa shape index (κ3) is 2.16. The highest BCUT2D eigenvalue weighted by molar-refractivity contribution is 7.99. The SMILES string of the molecule is O=C(O)c1ccc(Sc2nnnn2C2CC2)nn1. The lowest BCUT2D eigenvalue weighted by Gasteiger charge is -2.00. The van der Waals surface area contributed by atoms with Crippen LogP contribution in [0.25, 0.3) is 0 Å². The summed E-state index contributed by atoms with van der Waals surface area (Å²) >= 11 is 1.27. The summed E-state index contributed by atoms with van der Waals surface area (Å²) in [6.45, 7) is 0. The predicted octanol–water partition coefficient (Wildman–Crippen LogP) is 0.647. The van der Waals surface area contributed by atoms with Crippen molar-refractivity contribution in [3.63, 3.8) is 0 Å². The minimum Gasteiger partial charge on any atom is -0.476 e. The summed E-state index contributed by atoms with van der Waals surface area (Å²) in [6.07, 6.45) is 2.17. The zero-order valence-electron chi connectivity index (χ0n) is 9.09. The maximum absolute atomic E-state index is 10.6. The van der Waals surface area contributed by atoms with Crippen LogP contribution in [0.15, 0.2) is 22.3 Å². The van der Waals surface area contributed by atoms with E-state index in [1.807, 2.05) is 0 Å². The standard InChI is InChI=1S/C9H8N6O2S/c16-8(17)6-3-4-7(11-10-6)18-9-12-13-14-15(9)5-1-2-5/h3-5H,1-2H2,(H,16,17). The van der Waals surface area contributed by atoms with E-state index in [1.54, 1.807) is 10.7 Å². The van der Waals surface area contributed by atoms with E-state index in [0.29, 0.717) is 16.2 Å². The van der Waals surface area contributed by atoms with Crippen LogP contribution in [-0.4, -0.2) is 41.5 Å². The minimum atomic E-state index is -1.10. The third-order valence-corrected chi connectivity index (χ3v) is 3.29. The molecule has 1 fully saturated rings. The van der Waals surface area contributed by atoms with E-state index >= 15 is 0 Å². The van der Waals surface area contributed by atoms with Crippen LogP contribution in [0.1, 0.15) is 29.4 Å². The van der Waals surface area contributed by atoms with Crippen molar-refractivity contribution in [2.75, 3.05) is 0 Å². The fourth-order valence-corrected chi connectivity index (χ4v) is 2.14. The molecule has 2 heterocycles. The van der Waals surface area contributed by atoms with Gasteiger partial charge in [0.25, 0.3) is 0 Å². The van der Waals surface area contributed by atoms with Crippen molar-refractivity contribution in [3.05, 3.63) is 17.8 Å². The molecule has 0 saturated heterocycles. The summed E-state index contributed by atoms with van der Waals surface area (Å²) in [4.78, 5) is 10.6. The highest BCUT2D eigenvalue weighted by Crippen LogP contribution is 2.37. The second-order valence-electron chi connectivity index (χ2n) is 3.80. The fourth-order valence-electron chi connectivity index (χ4n) is 1.38. The monoisotopic (exact) mass is 264 g/mol. The average molecular weight is 264 g/mol. The zero-order chi connectivity index (χ0) is 12.5. The Bertz CT molecular complexity index is 579. The Morgan fingerprint density at radius 1 is 1.33 bits per heavy atom. The number of tetrazole rings is 1.